The Labute approximate surface area is 104 Å². The third-order valence-corrected chi connectivity index (χ3v) is 3.73. The molecular formula is C13H21NO2S. The van der Waals surface area contributed by atoms with Crippen molar-refractivity contribution in [3.63, 3.8) is 0 Å². The van der Waals surface area contributed by atoms with Crippen LogP contribution in [0.1, 0.15) is 12.0 Å². The summed E-state index contributed by atoms with van der Waals surface area (Å²) in [7, 11) is -0.956. The summed E-state index contributed by atoms with van der Waals surface area (Å²) in [5.74, 6) is 0.642. The SMILES string of the molecule is CNCC(CCS(C)(=O)=O)Cc1ccccc1. The molecular weight excluding hydrogens is 234 g/mol. The first-order valence-corrected chi connectivity index (χ1v) is 7.93. The Kier molecular flexibility index (Phi) is 5.65. The molecule has 96 valence electrons. The molecule has 0 saturated heterocycles. The monoisotopic (exact) mass is 255 g/mol. The Morgan fingerprint density at radius 1 is 1.24 bits per heavy atom. The maximum absolute atomic E-state index is 11.2. The summed E-state index contributed by atoms with van der Waals surface area (Å²) in [6.07, 6.45) is 2.94. The zero-order valence-corrected chi connectivity index (χ0v) is 11.3. The molecule has 0 aliphatic heterocycles. The van der Waals surface area contributed by atoms with Gasteiger partial charge in [-0.1, -0.05) is 30.3 Å². The Balaban J connectivity index is 2.54. The van der Waals surface area contributed by atoms with E-state index in [9.17, 15) is 8.42 Å². The second-order valence-corrected chi connectivity index (χ2v) is 6.79. The van der Waals surface area contributed by atoms with E-state index >= 15 is 0 Å². The summed E-state index contributed by atoms with van der Waals surface area (Å²) in [5.41, 5.74) is 1.27. The predicted octanol–water partition coefficient (Wildman–Crippen LogP) is 1.50. The van der Waals surface area contributed by atoms with Crippen molar-refractivity contribution in [2.24, 2.45) is 5.92 Å². The van der Waals surface area contributed by atoms with Crippen molar-refractivity contribution in [3.8, 4) is 0 Å². The average Bonchev–Trinajstić information content (AvgIpc) is 2.27. The van der Waals surface area contributed by atoms with Crippen molar-refractivity contribution in [1.29, 1.82) is 0 Å². The van der Waals surface area contributed by atoms with Crippen LogP contribution in [-0.2, 0) is 16.3 Å². The molecule has 1 unspecified atom stereocenters. The Hall–Kier alpha value is -0.870. The van der Waals surface area contributed by atoms with Crippen molar-refractivity contribution in [2.45, 2.75) is 12.8 Å². The van der Waals surface area contributed by atoms with Crippen molar-refractivity contribution in [3.05, 3.63) is 35.9 Å². The predicted molar refractivity (Wildman–Crippen MR) is 71.9 cm³/mol. The average molecular weight is 255 g/mol. The lowest BCUT2D eigenvalue weighted by Gasteiger charge is -2.16. The van der Waals surface area contributed by atoms with Crippen LogP contribution in [0.3, 0.4) is 0 Å². The summed E-state index contributed by atoms with van der Waals surface area (Å²) in [6.45, 7) is 0.852. The van der Waals surface area contributed by atoms with Gasteiger partial charge in [0.25, 0.3) is 0 Å². The van der Waals surface area contributed by atoms with Gasteiger partial charge in [0.1, 0.15) is 9.84 Å². The molecule has 0 radical (unpaired) electrons. The minimum Gasteiger partial charge on any atom is -0.319 e. The molecule has 1 aromatic carbocycles. The summed E-state index contributed by atoms with van der Waals surface area (Å²) < 4.78 is 22.3. The summed E-state index contributed by atoms with van der Waals surface area (Å²) >= 11 is 0. The highest BCUT2D eigenvalue weighted by Gasteiger charge is 2.12. The van der Waals surface area contributed by atoms with Crippen molar-refractivity contribution in [1.82, 2.24) is 5.32 Å². The van der Waals surface area contributed by atoms with E-state index in [0.29, 0.717) is 12.3 Å². The minimum absolute atomic E-state index is 0.270. The summed E-state index contributed by atoms with van der Waals surface area (Å²) in [6, 6.07) is 10.2. The summed E-state index contributed by atoms with van der Waals surface area (Å²) in [4.78, 5) is 0. The van der Waals surface area contributed by atoms with E-state index in [1.54, 1.807) is 0 Å². The quantitative estimate of drug-likeness (QED) is 0.803. The fourth-order valence-corrected chi connectivity index (χ4v) is 2.65. The van der Waals surface area contributed by atoms with Gasteiger partial charge in [0, 0.05) is 6.26 Å². The maximum atomic E-state index is 11.2. The molecule has 3 nitrogen and oxygen atoms in total. The maximum Gasteiger partial charge on any atom is 0.147 e. The van der Waals surface area contributed by atoms with Crippen LogP contribution in [0.25, 0.3) is 0 Å². The third kappa shape index (κ3) is 6.44. The fourth-order valence-electron chi connectivity index (χ4n) is 1.89. The topological polar surface area (TPSA) is 46.2 Å². The van der Waals surface area contributed by atoms with Crippen LogP contribution in [0.4, 0.5) is 0 Å². The van der Waals surface area contributed by atoms with Gasteiger partial charge in [-0.3, -0.25) is 0 Å². The normalized spacial score (nSPS) is 13.5. The lowest BCUT2D eigenvalue weighted by molar-refractivity contribution is 0.478. The number of rotatable bonds is 7. The van der Waals surface area contributed by atoms with E-state index in [0.717, 1.165) is 13.0 Å². The summed E-state index contributed by atoms with van der Waals surface area (Å²) in [5, 5.41) is 3.13. The zero-order chi connectivity index (χ0) is 12.7. The molecule has 0 saturated carbocycles. The Morgan fingerprint density at radius 2 is 1.88 bits per heavy atom. The van der Waals surface area contributed by atoms with Gasteiger partial charge in [-0.2, -0.15) is 0 Å². The highest BCUT2D eigenvalue weighted by molar-refractivity contribution is 7.90. The standard InChI is InChI=1S/C13H21NO2S/c1-14-11-13(8-9-17(2,15)16)10-12-6-4-3-5-7-12/h3-7,13-14H,8-11H2,1-2H3. The first-order valence-electron chi connectivity index (χ1n) is 5.87. The van der Waals surface area contributed by atoms with E-state index in [-0.39, 0.29) is 5.75 Å². The van der Waals surface area contributed by atoms with Crippen molar-refractivity contribution in [2.75, 3.05) is 25.6 Å². The first kappa shape index (κ1) is 14.2. The number of benzene rings is 1. The Morgan fingerprint density at radius 3 is 2.41 bits per heavy atom. The number of sulfone groups is 1. The second-order valence-electron chi connectivity index (χ2n) is 4.53. The molecule has 0 bridgehead atoms. The Bertz CT molecular complexity index is 414. The van der Waals surface area contributed by atoms with Gasteiger partial charge in [-0.15, -0.1) is 0 Å². The van der Waals surface area contributed by atoms with E-state index in [2.05, 4.69) is 17.4 Å². The highest BCUT2D eigenvalue weighted by Crippen LogP contribution is 2.12. The number of hydrogen-bond donors (Lipinski definition) is 1. The molecule has 0 heterocycles. The molecule has 1 aromatic rings. The fraction of sp³-hybridized carbons (Fsp3) is 0.538. The van der Waals surface area contributed by atoms with E-state index in [1.807, 2.05) is 25.2 Å². The molecule has 0 aliphatic rings. The molecule has 17 heavy (non-hydrogen) atoms. The molecule has 1 N–H and O–H groups in total. The van der Waals surface area contributed by atoms with Crippen LogP contribution < -0.4 is 5.32 Å². The van der Waals surface area contributed by atoms with Crippen molar-refractivity contribution < 1.29 is 8.42 Å². The highest BCUT2D eigenvalue weighted by atomic mass is 32.2. The van der Waals surface area contributed by atoms with Crippen molar-refractivity contribution >= 4 is 9.84 Å². The molecule has 0 aromatic heterocycles. The van der Waals surface area contributed by atoms with Gasteiger partial charge < -0.3 is 5.32 Å². The van der Waals surface area contributed by atoms with Crippen LogP contribution >= 0.6 is 0 Å². The van der Waals surface area contributed by atoms with E-state index < -0.39 is 9.84 Å². The van der Waals surface area contributed by atoms with Gasteiger partial charge in [0.05, 0.1) is 5.75 Å². The van der Waals surface area contributed by atoms with Gasteiger partial charge in [-0.25, -0.2) is 8.42 Å². The third-order valence-electron chi connectivity index (χ3n) is 2.76. The van der Waals surface area contributed by atoms with Crippen LogP contribution in [0.5, 0.6) is 0 Å². The van der Waals surface area contributed by atoms with Crippen LogP contribution in [0.15, 0.2) is 30.3 Å². The molecule has 0 amide bonds. The molecule has 1 rings (SSSR count). The number of nitrogens with one attached hydrogen (secondary N) is 1. The molecule has 0 aliphatic carbocycles. The van der Waals surface area contributed by atoms with E-state index in [4.69, 9.17) is 0 Å². The van der Waals surface area contributed by atoms with Gasteiger partial charge >= 0.3 is 0 Å². The smallest absolute Gasteiger partial charge is 0.147 e. The first-order chi connectivity index (χ1) is 8.01. The van der Waals surface area contributed by atoms with Gasteiger partial charge in [0.2, 0.25) is 0 Å². The van der Waals surface area contributed by atoms with Crippen LogP contribution in [0.2, 0.25) is 0 Å². The molecule has 1 atom stereocenters. The molecule has 0 fully saturated rings. The molecule has 0 spiro atoms. The minimum atomic E-state index is -2.86. The molecule has 4 heteroatoms. The van der Waals surface area contributed by atoms with E-state index in [1.165, 1.54) is 11.8 Å². The van der Waals surface area contributed by atoms with Crippen LogP contribution in [0, 0.1) is 5.92 Å². The van der Waals surface area contributed by atoms with Gasteiger partial charge in [0.15, 0.2) is 0 Å². The zero-order valence-electron chi connectivity index (χ0n) is 10.5. The lowest BCUT2D eigenvalue weighted by atomic mass is 9.97. The lowest BCUT2D eigenvalue weighted by Crippen LogP contribution is -2.23. The second kappa shape index (κ2) is 6.77. The van der Waals surface area contributed by atoms with Gasteiger partial charge in [-0.05, 0) is 37.9 Å². The largest absolute Gasteiger partial charge is 0.319 e. The van der Waals surface area contributed by atoms with Crippen LogP contribution in [-0.4, -0.2) is 34.0 Å². The number of hydrogen-bond acceptors (Lipinski definition) is 3.